The molecule has 1 N–H and O–H groups in total. The number of carbonyl (C=O) groups excluding carboxylic acids is 1. The number of carbonyl (C=O) groups is 1. The summed E-state index contributed by atoms with van der Waals surface area (Å²) < 4.78 is 0. The first-order chi connectivity index (χ1) is 9.15. The van der Waals surface area contributed by atoms with E-state index in [2.05, 4.69) is 24.1 Å². The number of rotatable bonds is 5. The van der Waals surface area contributed by atoms with Crippen molar-refractivity contribution < 1.29 is 4.79 Å². The zero-order valence-corrected chi connectivity index (χ0v) is 12.5. The van der Waals surface area contributed by atoms with Gasteiger partial charge in [0.2, 0.25) is 5.91 Å². The maximum absolute atomic E-state index is 12.1. The van der Waals surface area contributed by atoms with E-state index in [1.807, 2.05) is 4.90 Å². The number of nitrogens with one attached hydrogen (secondary N) is 1. The Morgan fingerprint density at radius 1 is 1.26 bits per heavy atom. The largest absolute Gasteiger partial charge is 0.340 e. The van der Waals surface area contributed by atoms with Crippen molar-refractivity contribution in [1.29, 1.82) is 0 Å². The second-order valence-electron chi connectivity index (χ2n) is 6.47. The predicted octanol–water partition coefficient (Wildman–Crippen LogP) is 1.18. The van der Waals surface area contributed by atoms with Crippen LogP contribution in [0.1, 0.15) is 33.1 Å². The molecule has 0 radical (unpaired) electrons. The highest BCUT2D eigenvalue weighted by Crippen LogP contribution is 2.23. The first-order valence-electron chi connectivity index (χ1n) is 7.86. The van der Waals surface area contributed by atoms with Crippen LogP contribution in [0, 0.1) is 11.8 Å². The van der Waals surface area contributed by atoms with Gasteiger partial charge in [-0.05, 0) is 31.2 Å². The Hall–Kier alpha value is -0.610. The first-order valence-corrected chi connectivity index (χ1v) is 7.86. The lowest BCUT2D eigenvalue weighted by molar-refractivity contribution is -0.132. The quantitative estimate of drug-likeness (QED) is 0.812. The Balaban J connectivity index is 1.64. The lowest BCUT2D eigenvalue weighted by Crippen LogP contribution is -2.47. The third-order valence-corrected chi connectivity index (χ3v) is 4.29. The highest BCUT2D eigenvalue weighted by Gasteiger charge is 2.24. The van der Waals surface area contributed by atoms with Crippen molar-refractivity contribution in [2.45, 2.75) is 33.1 Å². The van der Waals surface area contributed by atoms with Gasteiger partial charge in [-0.15, -0.1) is 0 Å². The van der Waals surface area contributed by atoms with Crippen LogP contribution in [0.3, 0.4) is 0 Å². The summed E-state index contributed by atoms with van der Waals surface area (Å²) in [6.07, 6.45) is 3.36. The van der Waals surface area contributed by atoms with E-state index in [9.17, 15) is 4.79 Å². The summed E-state index contributed by atoms with van der Waals surface area (Å²) in [5, 5.41) is 3.29. The molecular weight excluding hydrogens is 238 g/mol. The molecule has 4 nitrogen and oxygen atoms in total. The van der Waals surface area contributed by atoms with Gasteiger partial charge in [-0.2, -0.15) is 0 Å². The molecule has 0 saturated carbocycles. The third-order valence-electron chi connectivity index (χ3n) is 4.29. The fraction of sp³-hybridized carbons (Fsp3) is 0.933. The molecule has 0 aromatic rings. The molecule has 1 atom stereocenters. The molecule has 2 heterocycles. The summed E-state index contributed by atoms with van der Waals surface area (Å²) in [6, 6.07) is 0. The van der Waals surface area contributed by atoms with E-state index in [0.29, 0.717) is 12.3 Å². The standard InChI is InChI=1S/C15H29N3O/c1-13(2)11-14-3-7-17(12-14)8-4-15(19)18-9-5-16-6-10-18/h13-14,16H,3-12H2,1-2H3/t14-/m1/s1. The number of nitrogens with zero attached hydrogens (tertiary/aromatic N) is 2. The minimum absolute atomic E-state index is 0.341. The molecule has 2 aliphatic heterocycles. The van der Waals surface area contributed by atoms with Crippen LogP contribution in [0.5, 0.6) is 0 Å². The summed E-state index contributed by atoms with van der Waals surface area (Å²) in [5.74, 6) is 2.00. The van der Waals surface area contributed by atoms with Gasteiger partial charge in [-0.25, -0.2) is 0 Å². The van der Waals surface area contributed by atoms with Crippen LogP contribution in [0.2, 0.25) is 0 Å². The molecule has 19 heavy (non-hydrogen) atoms. The molecule has 0 bridgehead atoms. The highest BCUT2D eigenvalue weighted by molar-refractivity contribution is 5.76. The van der Waals surface area contributed by atoms with Crippen LogP contribution in [0.15, 0.2) is 0 Å². The van der Waals surface area contributed by atoms with Crippen LogP contribution in [0.25, 0.3) is 0 Å². The Morgan fingerprint density at radius 2 is 2.00 bits per heavy atom. The van der Waals surface area contributed by atoms with Gasteiger partial charge in [0, 0.05) is 45.7 Å². The van der Waals surface area contributed by atoms with Gasteiger partial charge in [-0.3, -0.25) is 4.79 Å². The zero-order valence-electron chi connectivity index (χ0n) is 12.5. The van der Waals surface area contributed by atoms with Crippen molar-refractivity contribution in [2.24, 2.45) is 11.8 Å². The topological polar surface area (TPSA) is 35.6 Å². The summed E-state index contributed by atoms with van der Waals surface area (Å²) >= 11 is 0. The predicted molar refractivity (Wildman–Crippen MR) is 78.1 cm³/mol. The van der Waals surface area contributed by atoms with Crippen molar-refractivity contribution in [3.63, 3.8) is 0 Å². The van der Waals surface area contributed by atoms with E-state index in [4.69, 9.17) is 0 Å². The summed E-state index contributed by atoms with van der Waals surface area (Å²) in [6.45, 7) is 11.6. The summed E-state index contributed by atoms with van der Waals surface area (Å²) in [5.41, 5.74) is 0. The minimum Gasteiger partial charge on any atom is -0.340 e. The van der Waals surface area contributed by atoms with E-state index in [0.717, 1.165) is 44.6 Å². The van der Waals surface area contributed by atoms with Gasteiger partial charge < -0.3 is 15.1 Å². The highest BCUT2D eigenvalue weighted by atomic mass is 16.2. The molecule has 2 fully saturated rings. The molecule has 1 amide bonds. The zero-order chi connectivity index (χ0) is 13.7. The van der Waals surface area contributed by atoms with Gasteiger partial charge in [0.1, 0.15) is 0 Å². The van der Waals surface area contributed by atoms with E-state index in [1.165, 1.54) is 25.9 Å². The molecule has 0 unspecified atom stereocenters. The first kappa shape index (κ1) is 14.8. The fourth-order valence-electron chi connectivity index (χ4n) is 3.30. The van der Waals surface area contributed by atoms with Crippen LogP contribution in [0.4, 0.5) is 0 Å². The van der Waals surface area contributed by atoms with Crippen molar-refractivity contribution >= 4 is 5.91 Å². The molecule has 4 heteroatoms. The SMILES string of the molecule is CC(C)C[C@H]1CCN(CCC(=O)N2CCNCC2)C1. The maximum atomic E-state index is 12.1. The number of amides is 1. The third kappa shape index (κ3) is 4.77. The monoisotopic (exact) mass is 267 g/mol. The van der Waals surface area contributed by atoms with Crippen molar-refractivity contribution in [3.05, 3.63) is 0 Å². The van der Waals surface area contributed by atoms with Gasteiger partial charge in [-0.1, -0.05) is 13.8 Å². The molecule has 0 aromatic heterocycles. The molecule has 110 valence electrons. The van der Waals surface area contributed by atoms with Crippen LogP contribution in [-0.4, -0.2) is 61.5 Å². The van der Waals surface area contributed by atoms with Gasteiger partial charge in [0.05, 0.1) is 0 Å². The van der Waals surface area contributed by atoms with Gasteiger partial charge in [0.15, 0.2) is 0 Å². The smallest absolute Gasteiger partial charge is 0.223 e. The average molecular weight is 267 g/mol. The summed E-state index contributed by atoms with van der Waals surface area (Å²) in [7, 11) is 0. The Morgan fingerprint density at radius 3 is 2.68 bits per heavy atom. The van der Waals surface area contributed by atoms with Gasteiger partial charge >= 0.3 is 0 Å². The van der Waals surface area contributed by atoms with Crippen LogP contribution in [-0.2, 0) is 4.79 Å². The average Bonchev–Trinajstić information content (AvgIpc) is 2.84. The van der Waals surface area contributed by atoms with Crippen molar-refractivity contribution in [3.8, 4) is 0 Å². The molecule has 2 aliphatic rings. The molecule has 0 spiro atoms. The lowest BCUT2D eigenvalue weighted by Gasteiger charge is -2.28. The number of hydrogen-bond acceptors (Lipinski definition) is 3. The van der Waals surface area contributed by atoms with E-state index >= 15 is 0 Å². The normalized spacial score (nSPS) is 25.2. The molecule has 0 aliphatic carbocycles. The van der Waals surface area contributed by atoms with Crippen LogP contribution < -0.4 is 5.32 Å². The lowest BCUT2D eigenvalue weighted by atomic mass is 9.97. The van der Waals surface area contributed by atoms with E-state index < -0.39 is 0 Å². The molecule has 2 rings (SSSR count). The Bertz CT molecular complexity index is 287. The van der Waals surface area contributed by atoms with Crippen molar-refractivity contribution in [1.82, 2.24) is 15.1 Å². The van der Waals surface area contributed by atoms with Crippen molar-refractivity contribution in [2.75, 3.05) is 45.8 Å². The second kappa shape index (κ2) is 7.25. The van der Waals surface area contributed by atoms with E-state index in [-0.39, 0.29) is 0 Å². The molecular formula is C15H29N3O. The molecule has 0 aromatic carbocycles. The second-order valence-corrected chi connectivity index (χ2v) is 6.47. The number of piperazine rings is 1. The van der Waals surface area contributed by atoms with E-state index in [1.54, 1.807) is 0 Å². The minimum atomic E-state index is 0.341. The van der Waals surface area contributed by atoms with Crippen LogP contribution >= 0.6 is 0 Å². The Kier molecular flexibility index (Phi) is 5.64. The summed E-state index contributed by atoms with van der Waals surface area (Å²) in [4.78, 5) is 16.6. The maximum Gasteiger partial charge on any atom is 0.223 e. The number of likely N-dealkylation sites (tertiary alicyclic amines) is 1. The molecule has 2 saturated heterocycles. The van der Waals surface area contributed by atoms with Gasteiger partial charge in [0.25, 0.3) is 0 Å². The Labute approximate surface area is 117 Å². The fourth-order valence-corrected chi connectivity index (χ4v) is 3.30. The number of hydrogen-bond donors (Lipinski definition) is 1.